The molecule has 0 spiro atoms. The van der Waals surface area contributed by atoms with Crippen molar-refractivity contribution in [3.63, 3.8) is 0 Å². The Labute approximate surface area is 199 Å². The number of benzene rings is 1. The number of nitrogens with one attached hydrogen (secondary N) is 2. The van der Waals surface area contributed by atoms with Crippen molar-refractivity contribution in [1.29, 1.82) is 0 Å². The monoisotopic (exact) mass is 559 g/mol. The minimum absolute atomic E-state index is 0. The molecule has 1 aromatic carbocycles. The number of hydrogen-bond acceptors (Lipinski definition) is 5. The van der Waals surface area contributed by atoms with E-state index >= 15 is 0 Å². The van der Waals surface area contributed by atoms with Gasteiger partial charge in [0.25, 0.3) is 0 Å². The normalized spacial score (nSPS) is 16.5. The first-order valence-corrected chi connectivity index (χ1v) is 9.98. The zero-order chi connectivity index (χ0) is 22.0. The van der Waals surface area contributed by atoms with Crippen LogP contribution in [0.25, 0.3) is 0 Å². The largest absolute Gasteiger partial charge is 0.497 e. The van der Waals surface area contributed by atoms with Crippen molar-refractivity contribution in [3.8, 4) is 5.75 Å². The van der Waals surface area contributed by atoms with E-state index in [1.807, 2.05) is 24.3 Å². The zero-order valence-electron chi connectivity index (χ0n) is 18.2. The SMILES string of the molecule is CN=C(NCCN(C)CC(F)(F)F)NCC(c1ccc(OC)cc1)N1CCOCC1.I. The molecule has 1 atom stereocenters. The van der Waals surface area contributed by atoms with Gasteiger partial charge >= 0.3 is 6.18 Å². The van der Waals surface area contributed by atoms with Crippen LogP contribution in [0, 0.1) is 0 Å². The fraction of sp³-hybridized carbons (Fsp3) is 0.650. The summed E-state index contributed by atoms with van der Waals surface area (Å²) in [5.74, 6) is 1.36. The van der Waals surface area contributed by atoms with Crippen molar-refractivity contribution < 1.29 is 22.6 Å². The molecule has 0 aliphatic carbocycles. The Kier molecular flexibility index (Phi) is 12.5. The van der Waals surface area contributed by atoms with Gasteiger partial charge in [0.2, 0.25) is 0 Å². The fourth-order valence-electron chi connectivity index (χ4n) is 3.34. The second-order valence-electron chi connectivity index (χ2n) is 7.17. The van der Waals surface area contributed by atoms with Crippen LogP contribution in [-0.4, -0.2) is 95.6 Å². The minimum atomic E-state index is -4.20. The molecule has 1 aliphatic heterocycles. The van der Waals surface area contributed by atoms with Crippen LogP contribution in [0.2, 0.25) is 0 Å². The topological polar surface area (TPSA) is 61.4 Å². The highest BCUT2D eigenvalue weighted by atomic mass is 127. The highest BCUT2D eigenvalue weighted by molar-refractivity contribution is 14.0. The number of hydrogen-bond donors (Lipinski definition) is 2. The summed E-state index contributed by atoms with van der Waals surface area (Å²) in [5, 5.41) is 6.38. The van der Waals surface area contributed by atoms with Gasteiger partial charge in [-0.25, -0.2) is 0 Å². The summed E-state index contributed by atoms with van der Waals surface area (Å²) in [6, 6.07) is 8.07. The Morgan fingerprint density at radius 2 is 1.87 bits per heavy atom. The van der Waals surface area contributed by atoms with Gasteiger partial charge in [0.05, 0.1) is 32.9 Å². The van der Waals surface area contributed by atoms with Crippen LogP contribution in [0.5, 0.6) is 5.75 Å². The molecular weight excluding hydrogens is 526 g/mol. The maximum absolute atomic E-state index is 12.4. The molecule has 0 saturated carbocycles. The van der Waals surface area contributed by atoms with Crippen LogP contribution in [0.4, 0.5) is 13.2 Å². The fourth-order valence-corrected chi connectivity index (χ4v) is 3.34. The van der Waals surface area contributed by atoms with E-state index in [4.69, 9.17) is 9.47 Å². The number of aliphatic imine (C=N–C) groups is 1. The van der Waals surface area contributed by atoms with Crippen molar-refractivity contribution >= 4 is 29.9 Å². The van der Waals surface area contributed by atoms with E-state index in [1.165, 1.54) is 11.9 Å². The first-order valence-electron chi connectivity index (χ1n) is 9.98. The number of alkyl halides is 3. The van der Waals surface area contributed by atoms with Gasteiger partial charge < -0.3 is 20.1 Å². The van der Waals surface area contributed by atoms with Gasteiger partial charge in [-0.3, -0.25) is 14.8 Å². The Morgan fingerprint density at radius 3 is 2.42 bits per heavy atom. The lowest BCUT2D eigenvalue weighted by molar-refractivity contribution is -0.142. The zero-order valence-corrected chi connectivity index (χ0v) is 20.6. The standard InChI is InChI=1S/C20H32F3N5O2.HI/c1-24-19(25-8-9-27(2)15-20(21,22)23)26-14-18(28-10-12-30-13-11-28)16-4-6-17(29-3)7-5-16;/h4-7,18H,8-15H2,1-3H3,(H2,24,25,26);1H. The molecule has 1 saturated heterocycles. The molecule has 0 aromatic heterocycles. The van der Waals surface area contributed by atoms with Crippen LogP contribution in [0.1, 0.15) is 11.6 Å². The third-order valence-corrected chi connectivity index (χ3v) is 4.91. The van der Waals surface area contributed by atoms with E-state index < -0.39 is 12.7 Å². The molecule has 178 valence electrons. The average molecular weight is 559 g/mol. The maximum Gasteiger partial charge on any atom is 0.401 e. The van der Waals surface area contributed by atoms with Gasteiger partial charge in [-0.2, -0.15) is 13.2 Å². The lowest BCUT2D eigenvalue weighted by atomic mass is 10.0. The minimum Gasteiger partial charge on any atom is -0.497 e. The molecule has 0 amide bonds. The van der Waals surface area contributed by atoms with Gasteiger partial charge in [0.1, 0.15) is 5.75 Å². The van der Waals surface area contributed by atoms with Crippen LogP contribution < -0.4 is 15.4 Å². The van der Waals surface area contributed by atoms with Crippen molar-refractivity contribution in [2.24, 2.45) is 4.99 Å². The molecular formula is C20H33F3IN5O2. The summed E-state index contributed by atoms with van der Waals surface area (Å²) in [4.78, 5) is 7.77. The van der Waals surface area contributed by atoms with E-state index in [9.17, 15) is 13.2 Å². The first-order chi connectivity index (χ1) is 14.3. The van der Waals surface area contributed by atoms with Crippen LogP contribution in [0.3, 0.4) is 0 Å². The van der Waals surface area contributed by atoms with Crippen LogP contribution >= 0.6 is 24.0 Å². The number of ether oxygens (including phenoxy) is 2. The molecule has 2 rings (SSSR count). The molecule has 0 bridgehead atoms. The summed E-state index contributed by atoms with van der Waals surface area (Å²) < 4.78 is 48.0. The molecule has 1 aromatic rings. The first kappa shape index (κ1) is 27.7. The van der Waals surface area contributed by atoms with Crippen molar-refractivity contribution in [2.45, 2.75) is 12.2 Å². The summed E-state index contributed by atoms with van der Waals surface area (Å²) >= 11 is 0. The molecule has 31 heavy (non-hydrogen) atoms. The third kappa shape index (κ3) is 10.2. The molecule has 1 fully saturated rings. The Hall–Kier alpha value is -1.31. The number of morpholine rings is 1. The predicted molar refractivity (Wildman–Crippen MR) is 126 cm³/mol. The number of methoxy groups -OCH3 is 1. The number of halogens is 4. The number of guanidine groups is 1. The molecule has 1 heterocycles. The van der Waals surface area contributed by atoms with E-state index in [0.717, 1.165) is 24.4 Å². The molecule has 11 heteroatoms. The Bertz CT molecular complexity index is 655. The summed E-state index contributed by atoms with van der Waals surface area (Å²) in [7, 11) is 4.73. The third-order valence-electron chi connectivity index (χ3n) is 4.91. The summed E-state index contributed by atoms with van der Waals surface area (Å²) in [5.41, 5.74) is 1.14. The van der Waals surface area contributed by atoms with Crippen LogP contribution in [0.15, 0.2) is 29.3 Å². The van der Waals surface area contributed by atoms with E-state index in [1.54, 1.807) is 14.2 Å². The van der Waals surface area contributed by atoms with E-state index in [2.05, 4.69) is 20.5 Å². The smallest absolute Gasteiger partial charge is 0.401 e. The van der Waals surface area contributed by atoms with Crippen molar-refractivity contribution in [1.82, 2.24) is 20.4 Å². The van der Waals surface area contributed by atoms with Crippen molar-refractivity contribution in [3.05, 3.63) is 29.8 Å². The highest BCUT2D eigenvalue weighted by Gasteiger charge is 2.29. The number of likely N-dealkylation sites (N-methyl/N-ethyl adjacent to an activating group) is 1. The Balaban J connectivity index is 0.00000480. The maximum atomic E-state index is 12.4. The van der Waals surface area contributed by atoms with Crippen molar-refractivity contribution in [2.75, 3.05) is 73.7 Å². The number of rotatable bonds is 9. The second kappa shape index (κ2) is 14.0. The molecule has 0 radical (unpaired) electrons. The predicted octanol–water partition coefficient (Wildman–Crippen LogP) is 2.35. The van der Waals surface area contributed by atoms with Gasteiger partial charge in [-0.05, 0) is 24.7 Å². The van der Waals surface area contributed by atoms with Crippen LogP contribution in [-0.2, 0) is 4.74 Å². The van der Waals surface area contributed by atoms with E-state index in [0.29, 0.717) is 32.3 Å². The molecule has 7 nitrogen and oxygen atoms in total. The Morgan fingerprint density at radius 1 is 1.23 bits per heavy atom. The summed E-state index contributed by atoms with van der Waals surface area (Å²) in [6.45, 7) is 3.31. The van der Waals surface area contributed by atoms with Gasteiger partial charge in [-0.15, -0.1) is 24.0 Å². The van der Waals surface area contributed by atoms with Gasteiger partial charge in [-0.1, -0.05) is 12.1 Å². The quantitative estimate of drug-likeness (QED) is 0.276. The lowest BCUT2D eigenvalue weighted by Crippen LogP contribution is -2.47. The van der Waals surface area contributed by atoms with Gasteiger partial charge in [0, 0.05) is 39.8 Å². The molecule has 2 N–H and O–H groups in total. The van der Waals surface area contributed by atoms with E-state index in [-0.39, 0.29) is 36.6 Å². The number of nitrogens with zero attached hydrogens (tertiary/aromatic N) is 3. The summed E-state index contributed by atoms with van der Waals surface area (Å²) in [6.07, 6.45) is -4.20. The second-order valence-corrected chi connectivity index (χ2v) is 7.17. The van der Waals surface area contributed by atoms with Gasteiger partial charge in [0.15, 0.2) is 5.96 Å². The molecule has 1 aliphatic rings. The average Bonchev–Trinajstić information content (AvgIpc) is 2.72. The lowest BCUT2D eigenvalue weighted by Gasteiger charge is -2.35. The molecule has 1 unspecified atom stereocenters. The highest BCUT2D eigenvalue weighted by Crippen LogP contribution is 2.23.